The Kier molecular flexibility index (Phi) is 4.79. The second kappa shape index (κ2) is 7.36. The largest absolute Gasteiger partial charge is 0.340 e. The van der Waals surface area contributed by atoms with Gasteiger partial charge in [0.2, 0.25) is 5.91 Å². The van der Waals surface area contributed by atoms with Gasteiger partial charge in [0.25, 0.3) is 0 Å². The summed E-state index contributed by atoms with van der Waals surface area (Å²) in [6, 6.07) is 4.63. The average Bonchev–Trinajstić information content (AvgIpc) is 3.53. The number of benzene rings is 1. The highest BCUT2D eigenvalue weighted by Gasteiger charge is 2.43. The van der Waals surface area contributed by atoms with Gasteiger partial charge in [-0.1, -0.05) is 26.2 Å². The Bertz CT molecular complexity index is 989. The van der Waals surface area contributed by atoms with Gasteiger partial charge in [0.05, 0.1) is 0 Å². The first-order valence-electron chi connectivity index (χ1n) is 11.5. The van der Waals surface area contributed by atoms with Crippen LogP contribution in [0, 0.1) is 19.8 Å². The van der Waals surface area contributed by atoms with Crippen molar-refractivity contribution >= 4 is 23.2 Å². The summed E-state index contributed by atoms with van der Waals surface area (Å²) in [4.78, 5) is 21.0. The van der Waals surface area contributed by atoms with Crippen LogP contribution in [0.3, 0.4) is 0 Å². The highest BCUT2D eigenvalue weighted by Crippen LogP contribution is 2.55. The molecule has 2 aromatic rings. The standard InChI is InChI=1S/C25H32N4O/c1-15-11-19(12-20-21(15)16(2)13-25(20)9-5-4-6-10-25)28-22-17(3)23(27-14-26-22)29-24(30)18-7-8-18/h11-12,14,16,18H,4-10,13H2,1-3H3,(H2,26,27,28,29,30). The number of carbonyl (C=O) groups excluding carboxylic acids is 1. The van der Waals surface area contributed by atoms with E-state index in [0.717, 1.165) is 29.9 Å². The maximum atomic E-state index is 12.2. The SMILES string of the molecule is Cc1cc(Nc2ncnc(NC(=O)C3CC3)c2C)cc2c1C(C)CC21CCCCC1. The lowest BCUT2D eigenvalue weighted by Gasteiger charge is -2.35. The quantitative estimate of drug-likeness (QED) is 0.666. The van der Waals surface area contributed by atoms with E-state index in [1.54, 1.807) is 11.1 Å². The summed E-state index contributed by atoms with van der Waals surface area (Å²) in [5.74, 6) is 2.24. The first kappa shape index (κ1) is 19.5. The van der Waals surface area contributed by atoms with Crippen molar-refractivity contribution in [3.05, 3.63) is 40.7 Å². The summed E-state index contributed by atoms with van der Waals surface area (Å²) in [5, 5.41) is 6.51. The lowest BCUT2D eigenvalue weighted by atomic mass is 9.70. The molecule has 1 atom stereocenters. The summed E-state index contributed by atoms with van der Waals surface area (Å²) >= 11 is 0. The van der Waals surface area contributed by atoms with Crippen LogP contribution >= 0.6 is 0 Å². The number of aryl methyl sites for hydroxylation is 1. The van der Waals surface area contributed by atoms with E-state index in [1.807, 2.05) is 6.92 Å². The minimum atomic E-state index is 0.0735. The number of hydrogen-bond donors (Lipinski definition) is 2. The van der Waals surface area contributed by atoms with Gasteiger partial charge in [-0.15, -0.1) is 0 Å². The highest BCUT2D eigenvalue weighted by atomic mass is 16.2. The smallest absolute Gasteiger partial charge is 0.228 e. The van der Waals surface area contributed by atoms with Gasteiger partial charge in [-0.3, -0.25) is 4.79 Å². The van der Waals surface area contributed by atoms with E-state index in [9.17, 15) is 4.79 Å². The van der Waals surface area contributed by atoms with Crippen molar-refractivity contribution in [3.63, 3.8) is 0 Å². The number of rotatable bonds is 4. The Balaban J connectivity index is 1.46. The van der Waals surface area contributed by atoms with Crippen LogP contribution in [0.15, 0.2) is 18.5 Å². The number of hydrogen-bond acceptors (Lipinski definition) is 4. The number of nitrogens with zero attached hydrogens (tertiary/aromatic N) is 2. The zero-order valence-electron chi connectivity index (χ0n) is 18.3. The van der Waals surface area contributed by atoms with Crippen molar-refractivity contribution in [2.45, 2.75) is 83.5 Å². The molecule has 0 saturated heterocycles. The summed E-state index contributed by atoms with van der Waals surface area (Å²) in [5.41, 5.74) is 6.83. The summed E-state index contributed by atoms with van der Waals surface area (Å²) in [6.45, 7) is 6.61. The van der Waals surface area contributed by atoms with E-state index in [-0.39, 0.29) is 11.8 Å². The molecule has 0 aliphatic heterocycles. The molecule has 0 radical (unpaired) electrons. The Labute approximate surface area is 179 Å². The van der Waals surface area contributed by atoms with Gasteiger partial charge in [0, 0.05) is 17.2 Å². The van der Waals surface area contributed by atoms with Gasteiger partial charge < -0.3 is 10.6 Å². The van der Waals surface area contributed by atoms with Crippen molar-refractivity contribution in [1.82, 2.24) is 9.97 Å². The Morgan fingerprint density at radius 3 is 2.53 bits per heavy atom. The van der Waals surface area contributed by atoms with E-state index in [2.05, 4.69) is 46.6 Å². The highest BCUT2D eigenvalue weighted by molar-refractivity contribution is 5.94. The van der Waals surface area contributed by atoms with Crippen molar-refractivity contribution in [2.24, 2.45) is 5.92 Å². The lowest BCUT2D eigenvalue weighted by molar-refractivity contribution is -0.117. The zero-order chi connectivity index (χ0) is 20.9. The third kappa shape index (κ3) is 3.38. The monoisotopic (exact) mass is 404 g/mol. The van der Waals surface area contributed by atoms with Gasteiger partial charge in [-0.05, 0) is 86.1 Å². The van der Waals surface area contributed by atoms with Crippen LogP contribution in [0.2, 0.25) is 0 Å². The molecule has 5 nitrogen and oxygen atoms in total. The second-order valence-electron chi connectivity index (χ2n) is 9.78. The molecule has 3 aliphatic rings. The first-order valence-corrected chi connectivity index (χ1v) is 11.5. The number of carbonyl (C=O) groups is 1. The molecule has 5 rings (SSSR count). The molecule has 1 amide bonds. The maximum Gasteiger partial charge on any atom is 0.228 e. The van der Waals surface area contributed by atoms with E-state index < -0.39 is 0 Å². The maximum absolute atomic E-state index is 12.2. The second-order valence-corrected chi connectivity index (χ2v) is 9.78. The normalized spacial score (nSPS) is 22.0. The predicted octanol–water partition coefficient (Wildman–Crippen LogP) is 5.89. The van der Waals surface area contributed by atoms with Crippen LogP contribution < -0.4 is 10.6 Å². The van der Waals surface area contributed by atoms with Crippen LogP contribution in [0.1, 0.15) is 86.5 Å². The molecule has 2 fully saturated rings. The van der Waals surface area contributed by atoms with Crippen LogP contribution in [-0.2, 0) is 10.2 Å². The fourth-order valence-electron chi connectivity index (χ4n) is 5.87. The topological polar surface area (TPSA) is 66.9 Å². The average molecular weight is 405 g/mol. The molecule has 2 N–H and O–H groups in total. The summed E-state index contributed by atoms with van der Waals surface area (Å²) in [6.07, 6.45) is 11.5. The number of aromatic nitrogens is 2. The van der Waals surface area contributed by atoms with E-state index in [0.29, 0.717) is 17.2 Å². The molecule has 1 aromatic heterocycles. The van der Waals surface area contributed by atoms with Crippen molar-refractivity contribution < 1.29 is 4.79 Å². The van der Waals surface area contributed by atoms with Gasteiger partial charge >= 0.3 is 0 Å². The molecular weight excluding hydrogens is 372 g/mol. The fourth-order valence-corrected chi connectivity index (χ4v) is 5.87. The van der Waals surface area contributed by atoms with E-state index >= 15 is 0 Å². The molecule has 1 aromatic carbocycles. The third-order valence-corrected chi connectivity index (χ3v) is 7.50. The van der Waals surface area contributed by atoms with Crippen LogP contribution in [0.4, 0.5) is 17.3 Å². The Morgan fingerprint density at radius 2 is 1.80 bits per heavy atom. The molecular formula is C25H32N4O. The number of amides is 1. The number of fused-ring (bicyclic) bond motifs is 2. The van der Waals surface area contributed by atoms with Gasteiger partial charge in [-0.2, -0.15) is 0 Å². The molecule has 158 valence electrons. The van der Waals surface area contributed by atoms with Gasteiger partial charge in [0.1, 0.15) is 18.0 Å². The molecule has 0 bridgehead atoms. The van der Waals surface area contributed by atoms with Crippen LogP contribution in [-0.4, -0.2) is 15.9 Å². The first-order chi connectivity index (χ1) is 14.5. The predicted molar refractivity (Wildman–Crippen MR) is 120 cm³/mol. The fraction of sp³-hybridized carbons (Fsp3) is 0.560. The molecule has 3 aliphatic carbocycles. The minimum absolute atomic E-state index is 0.0735. The van der Waals surface area contributed by atoms with E-state index in [1.165, 1.54) is 50.4 Å². The lowest BCUT2D eigenvalue weighted by Crippen LogP contribution is -2.26. The molecule has 2 saturated carbocycles. The molecule has 5 heteroatoms. The van der Waals surface area contributed by atoms with Crippen molar-refractivity contribution in [3.8, 4) is 0 Å². The van der Waals surface area contributed by atoms with Crippen LogP contribution in [0.5, 0.6) is 0 Å². The molecule has 1 heterocycles. The van der Waals surface area contributed by atoms with E-state index in [4.69, 9.17) is 0 Å². The Hall–Kier alpha value is -2.43. The molecule has 1 unspecified atom stereocenters. The summed E-state index contributed by atoms with van der Waals surface area (Å²) in [7, 11) is 0. The van der Waals surface area contributed by atoms with Crippen molar-refractivity contribution in [1.29, 1.82) is 0 Å². The molecule has 1 spiro atoms. The number of anilines is 3. The van der Waals surface area contributed by atoms with Gasteiger partial charge in [0.15, 0.2) is 0 Å². The van der Waals surface area contributed by atoms with Crippen molar-refractivity contribution in [2.75, 3.05) is 10.6 Å². The van der Waals surface area contributed by atoms with Gasteiger partial charge in [-0.25, -0.2) is 9.97 Å². The Morgan fingerprint density at radius 1 is 1.07 bits per heavy atom. The van der Waals surface area contributed by atoms with Crippen LogP contribution in [0.25, 0.3) is 0 Å². The minimum Gasteiger partial charge on any atom is -0.340 e. The number of nitrogens with one attached hydrogen (secondary N) is 2. The zero-order valence-corrected chi connectivity index (χ0v) is 18.3. The third-order valence-electron chi connectivity index (χ3n) is 7.50. The molecule has 30 heavy (non-hydrogen) atoms. The summed E-state index contributed by atoms with van der Waals surface area (Å²) < 4.78 is 0.